The van der Waals surface area contributed by atoms with Crippen molar-refractivity contribution >= 4 is 5.97 Å². The maximum absolute atomic E-state index is 11.9. The fourth-order valence-corrected chi connectivity index (χ4v) is 4.08. The fourth-order valence-electron chi connectivity index (χ4n) is 4.08. The lowest BCUT2D eigenvalue weighted by Gasteiger charge is -2.26. The summed E-state index contributed by atoms with van der Waals surface area (Å²) in [6.07, 6.45) is 7.17. The summed E-state index contributed by atoms with van der Waals surface area (Å²) in [5, 5.41) is 16.4. The Morgan fingerprint density at radius 1 is 1.17 bits per heavy atom. The van der Waals surface area contributed by atoms with Crippen LogP contribution in [0.25, 0.3) is 0 Å². The molecule has 4 nitrogen and oxygen atoms in total. The van der Waals surface area contributed by atoms with E-state index < -0.39 is 12.0 Å². The predicted molar refractivity (Wildman–Crippen MR) is 91.6 cm³/mol. The number of carboxylic acids is 1. The zero-order chi connectivity index (χ0) is 16.1. The van der Waals surface area contributed by atoms with E-state index in [9.17, 15) is 9.90 Å². The van der Waals surface area contributed by atoms with E-state index >= 15 is 0 Å². The number of carbonyl (C=O) groups is 1. The fraction of sp³-hybridized carbons (Fsp3) is 0.632. The highest BCUT2D eigenvalue weighted by molar-refractivity contribution is 5.76. The second-order valence-electron chi connectivity index (χ2n) is 6.98. The molecule has 23 heavy (non-hydrogen) atoms. The van der Waals surface area contributed by atoms with Gasteiger partial charge in [-0.3, -0.25) is 4.79 Å². The minimum atomic E-state index is -0.760. The molecule has 126 valence electrons. The molecule has 0 spiro atoms. The van der Waals surface area contributed by atoms with Crippen molar-refractivity contribution in [1.29, 1.82) is 0 Å². The SMILES string of the molecule is O=C(O)[C@@H](NCC1CCNCC1)c1ccccc1C1CCCC1. The van der Waals surface area contributed by atoms with Crippen LogP contribution in [0.5, 0.6) is 0 Å². The van der Waals surface area contributed by atoms with Crippen LogP contribution in [-0.2, 0) is 4.79 Å². The average Bonchev–Trinajstić information content (AvgIpc) is 3.10. The van der Waals surface area contributed by atoms with E-state index in [2.05, 4.69) is 16.7 Å². The van der Waals surface area contributed by atoms with E-state index in [0.717, 1.165) is 38.0 Å². The monoisotopic (exact) mass is 316 g/mol. The van der Waals surface area contributed by atoms with Gasteiger partial charge in [0.25, 0.3) is 0 Å². The molecular weight excluding hydrogens is 288 g/mol. The smallest absolute Gasteiger partial charge is 0.325 e. The van der Waals surface area contributed by atoms with Crippen LogP contribution in [0, 0.1) is 5.92 Å². The third kappa shape index (κ3) is 4.12. The van der Waals surface area contributed by atoms with Crippen LogP contribution >= 0.6 is 0 Å². The summed E-state index contributed by atoms with van der Waals surface area (Å²) >= 11 is 0. The second kappa shape index (κ2) is 7.93. The standard InChI is InChI=1S/C19H28N2O2/c22-19(23)18(21-13-14-9-11-20-12-10-14)17-8-4-3-7-16(17)15-5-1-2-6-15/h3-4,7-8,14-15,18,20-21H,1-2,5-6,9-13H2,(H,22,23)/t18-/m0/s1. The molecule has 1 saturated heterocycles. The quantitative estimate of drug-likeness (QED) is 0.755. The molecule has 1 aliphatic carbocycles. The van der Waals surface area contributed by atoms with Crippen molar-refractivity contribution in [3.63, 3.8) is 0 Å². The average molecular weight is 316 g/mol. The molecule has 0 unspecified atom stereocenters. The number of carboxylic acid groups (broad SMARTS) is 1. The molecule has 4 heteroatoms. The zero-order valence-corrected chi connectivity index (χ0v) is 13.8. The third-order valence-corrected chi connectivity index (χ3v) is 5.42. The Morgan fingerprint density at radius 2 is 1.87 bits per heavy atom. The highest BCUT2D eigenvalue weighted by atomic mass is 16.4. The molecule has 0 aromatic heterocycles. The molecule has 1 heterocycles. The highest BCUT2D eigenvalue weighted by Crippen LogP contribution is 2.37. The van der Waals surface area contributed by atoms with E-state index in [1.54, 1.807) is 0 Å². The molecule has 1 aromatic rings. The van der Waals surface area contributed by atoms with E-state index in [-0.39, 0.29) is 0 Å². The van der Waals surface area contributed by atoms with Crippen molar-refractivity contribution in [3.05, 3.63) is 35.4 Å². The first kappa shape index (κ1) is 16.5. The highest BCUT2D eigenvalue weighted by Gasteiger charge is 2.27. The van der Waals surface area contributed by atoms with Crippen molar-refractivity contribution in [1.82, 2.24) is 10.6 Å². The number of rotatable bonds is 6. The Morgan fingerprint density at radius 3 is 2.57 bits per heavy atom. The maximum Gasteiger partial charge on any atom is 0.325 e. The van der Waals surface area contributed by atoms with Gasteiger partial charge >= 0.3 is 5.97 Å². The largest absolute Gasteiger partial charge is 0.480 e. The summed E-state index contributed by atoms with van der Waals surface area (Å²) in [4.78, 5) is 11.9. The van der Waals surface area contributed by atoms with E-state index in [0.29, 0.717) is 11.8 Å². The Hall–Kier alpha value is -1.39. The topological polar surface area (TPSA) is 61.4 Å². The van der Waals surface area contributed by atoms with Gasteiger partial charge in [0, 0.05) is 0 Å². The zero-order valence-electron chi connectivity index (χ0n) is 13.8. The molecule has 0 amide bonds. The van der Waals surface area contributed by atoms with Crippen molar-refractivity contribution in [2.45, 2.75) is 50.5 Å². The lowest BCUT2D eigenvalue weighted by molar-refractivity contribution is -0.139. The van der Waals surface area contributed by atoms with Crippen molar-refractivity contribution < 1.29 is 9.90 Å². The molecule has 2 aliphatic rings. The molecule has 1 saturated carbocycles. The van der Waals surface area contributed by atoms with Gasteiger partial charge in [0.2, 0.25) is 0 Å². The van der Waals surface area contributed by atoms with Crippen molar-refractivity contribution in [2.75, 3.05) is 19.6 Å². The van der Waals surface area contributed by atoms with Gasteiger partial charge < -0.3 is 15.7 Å². The molecule has 0 bridgehead atoms. The van der Waals surface area contributed by atoms with Crippen LogP contribution in [0.3, 0.4) is 0 Å². The minimum absolute atomic E-state index is 0.536. The summed E-state index contributed by atoms with van der Waals surface area (Å²) in [6.45, 7) is 2.88. The van der Waals surface area contributed by atoms with E-state index in [1.165, 1.54) is 31.2 Å². The van der Waals surface area contributed by atoms with Crippen LogP contribution in [0.15, 0.2) is 24.3 Å². The van der Waals surface area contributed by atoms with Gasteiger partial charge in [0.1, 0.15) is 6.04 Å². The van der Waals surface area contributed by atoms with Gasteiger partial charge in [-0.05, 0) is 68.3 Å². The molecule has 1 aromatic carbocycles. The van der Waals surface area contributed by atoms with Crippen LogP contribution in [0.2, 0.25) is 0 Å². The molecule has 2 fully saturated rings. The summed E-state index contributed by atoms with van der Waals surface area (Å²) < 4.78 is 0. The van der Waals surface area contributed by atoms with Crippen LogP contribution < -0.4 is 10.6 Å². The van der Waals surface area contributed by atoms with Gasteiger partial charge in [0.15, 0.2) is 0 Å². The minimum Gasteiger partial charge on any atom is -0.480 e. The molecule has 1 aliphatic heterocycles. The molecule has 1 atom stereocenters. The lowest BCUT2D eigenvalue weighted by Crippen LogP contribution is -2.37. The van der Waals surface area contributed by atoms with Crippen LogP contribution in [0.1, 0.15) is 61.6 Å². The number of aliphatic carboxylic acids is 1. The first-order valence-electron chi connectivity index (χ1n) is 9.01. The first-order chi connectivity index (χ1) is 11.3. The number of benzene rings is 1. The summed E-state index contributed by atoms with van der Waals surface area (Å²) in [5.74, 6) is 0.356. The van der Waals surface area contributed by atoms with Crippen LogP contribution in [0.4, 0.5) is 0 Å². The van der Waals surface area contributed by atoms with Gasteiger partial charge in [-0.2, -0.15) is 0 Å². The summed E-state index contributed by atoms with van der Waals surface area (Å²) in [6, 6.07) is 7.57. The van der Waals surface area contributed by atoms with Crippen molar-refractivity contribution in [2.24, 2.45) is 5.92 Å². The van der Waals surface area contributed by atoms with Gasteiger partial charge in [-0.1, -0.05) is 37.1 Å². The van der Waals surface area contributed by atoms with Crippen molar-refractivity contribution in [3.8, 4) is 0 Å². The first-order valence-corrected chi connectivity index (χ1v) is 9.01. The Kier molecular flexibility index (Phi) is 5.68. The Labute approximate surface area is 138 Å². The van der Waals surface area contributed by atoms with E-state index in [1.807, 2.05) is 18.2 Å². The van der Waals surface area contributed by atoms with Gasteiger partial charge in [-0.15, -0.1) is 0 Å². The maximum atomic E-state index is 11.9. The van der Waals surface area contributed by atoms with Crippen LogP contribution in [-0.4, -0.2) is 30.7 Å². The summed E-state index contributed by atoms with van der Waals surface area (Å²) in [7, 11) is 0. The number of hydrogen-bond acceptors (Lipinski definition) is 3. The number of hydrogen-bond donors (Lipinski definition) is 3. The second-order valence-corrected chi connectivity index (χ2v) is 6.98. The predicted octanol–water partition coefficient (Wildman–Crippen LogP) is 3.06. The molecule has 3 N–H and O–H groups in total. The molecule has 0 radical (unpaired) electrons. The number of nitrogens with one attached hydrogen (secondary N) is 2. The number of piperidine rings is 1. The third-order valence-electron chi connectivity index (χ3n) is 5.42. The lowest BCUT2D eigenvalue weighted by atomic mass is 9.89. The normalized spacial score (nSPS) is 21.4. The van der Waals surface area contributed by atoms with Gasteiger partial charge in [-0.25, -0.2) is 0 Å². The van der Waals surface area contributed by atoms with Gasteiger partial charge in [0.05, 0.1) is 0 Å². The molecular formula is C19H28N2O2. The Bertz CT molecular complexity index is 520. The Balaban J connectivity index is 1.73. The summed E-state index contributed by atoms with van der Waals surface area (Å²) in [5.41, 5.74) is 2.22. The molecule has 3 rings (SSSR count). The van der Waals surface area contributed by atoms with E-state index in [4.69, 9.17) is 0 Å².